The first-order valence-electron chi connectivity index (χ1n) is 10.1. The number of benzene rings is 2. The van der Waals surface area contributed by atoms with Gasteiger partial charge in [-0.25, -0.2) is 0 Å². The molecule has 0 unspecified atom stereocenters. The van der Waals surface area contributed by atoms with E-state index < -0.39 is 0 Å². The Morgan fingerprint density at radius 1 is 1.03 bits per heavy atom. The van der Waals surface area contributed by atoms with Crippen molar-refractivity contribution < 1.29 is 14.3 Å². The molecule has 0 bridgehead atoms. The lowest BCUT2D eigenvalue weighted by molar-refractivity contribution is 0.104. The molecule has 5 nitrogen and oxygen atoms in total. The number of allylic oxidation sites excluding steroid dienone is 1. The number of ketones is 1. The molecule has 0 N–H and O–H groups in total. The Labute approximate surface area is 175 Å². The molecule has 1 aromatic heterocycles. The van der Waals surface area contributed by atoms with Gasteiger partial charge < -0.3 is 14.0 Å². The molecule has 0 atom stereocenters. The summed E-state index contributed by atoms with van der Waals surface area (Å²) in [5.74, 6) is 1.37. The van der Waals surface area contributed by atoms with Gasteiger partial charge in [0.05, 0.1) is 19.7 Å². The molecule has 1 aliphatic rings. The number of hydrogen-bond acceptors (Lipinski definition) is 4. The van der Waals surface area contributed by atoms with Gasteiger partial charge in [-0.2, -0.15) is 0 Å². The molecule has 1 aliphatic carbocycles. The van der Waals surface area contributed by atoms with Gasteiger partial charge in [0, 0.05) is 29.7 Å². The fourth-order valence-corrected chi connectivity index (χ4v) is 4.04. The van der Waals surface area contributed by atoms with Crippen LogP contribution in [0.4, 0.5) is 0 Å². The van der Waals surface area contributed by atoms with Gasteiger partial charge in [0.15, 0.2) is 17.3 Å². The second kappa shape index (κ2) is 7.82. The fourth-order valence-electron chi connectivity index (χ4n) is 4.04. The molecule has 5 heteroatoms. The first-order valence-corrected chi connectivity index (χ1v) is 10.1. The van der Waals surface area contributed by atoms with Crippen molar-refractivity contribution in [3.05, 3.63) is 75.1 Å². The maximum Gasteiger partial charge on any atom is 0.258 e. The van der Waals surface area contributed by atoms with Gasteiger partial charge in [-0.15, -0.1) is 0 Å². The van der Waals surface area contributed by atoms with Crippen LogP contribution in [0.5, 0.6) is 11.5 Å². The third kappa shape index (κ3) is 3.41. The highest BCUT2D eigenvalue weighted by Crippen LogP contribution is 2.37. The number of nitrogens with zero attached hydrogens (tertiary/aromatic N) is 1. The monoisotopic (exact) mass is 403 g/mol. The molecule has 0 saturated carbocycles. The van der Waals surface area contributed by atoms with Crippen molar-refractivity contribution in [2.75, 3.05) is 14.2 Å². The molecule has 154 valence electrons. The van der Waals surface area contributed by atoms with Gasteiger partial charge in [-0.3, -0.25) is 9.59 Å². The summed E-state index contributed by atoms with van der Waals surface area (Å²) in [5, 5.41) is 0.982. The first-order chi connectivity index (χ1) is 14.4. The summed E-state index contributed by atoms with van der Waals surface area (Å²) >= 11 is 0. The lowest BCUT2D eigenvalue weighted by atomic mass is 10.1. The van der Waals surface area contributed by atoms with E-state index in [1.54, 1.807) is 26.4 Å². The van der Waals surface area contributed by atoms with Crippen molar-refractivity contribution >= 4 is 22.8 Å². The number of para-hydroxylation sites is 1. The summed E-state index contributed by atoms with van der Waals surface area (Å²) in [5.41, 5.74) is 3.45. The van der Waals surface area contributed by atoms with E-state index in [0.717, 1.165) is 16.5 Å². The third-order valence-corrected chi connectivity index (χ3v) is 5.43. The summed E-state index contributed by atoms with van der Waals surface area (Å²) < 4.78 is 12.5. The minimum atomic E-state index is -0.0752. The van der Waals surface area contributed by atoms with Crippen molar-refractivity contribution in [1.29, 1.82) is 0 Å². The number of carbonyl (C=O) groups is 1. The molecule has 0 fully saturated rings. The van der Waals surface area contributed by atoms with Crippen LogP contribution in [0.15, 0.2) is 52.8 Å². The molecule has 30 heavy (non-hydrogen) atoms. The zero-order chi connectivity index (χ0) is 21.4. The zero-order valence-electron chi connectivity index (χ0n) is 17.7. The van der Waals surface area contributed by atoms with Crippen molar-refractivity contribution in [1.82, 2.24) is 4.57 Å². The Hall–Kier alpha value is -3.34. The molecule has 0 spiro atoms. The molecule has 0 amide bonds. The van der Waals surface area contributed by atoms with Gasteiger partial charge in [-0.05, 0) is 47.2 Å². The average molecular weight is 403 g/mol. The number of methoxy groups -OCH3 is 2. The highest BCUT2D eigenvalue weighted by molar-refractivity contribution is 6.16. The van der Waals surface area contributed by atoms with Crippen molar-refractivity contribution in [2.45, 2.75) is 26.8 Å². The average Bonchev–Trinajstić information content (AvgIpc) is 3.04. The quantitative estimate of drug-likeness (QED) is 0.589. The van der Waals surface area contributed by atoms with Crippen LogP contribution in [0, 0.1) is 5.92 Å². The van der Waals surface area contributed by atoms with Crippen molar-refractivity contribution in [2.24, 2.45) is 5.92 Å². The van der Waals surface area contributed by atoms with Gasteiger partial charge >= 0.3 is 0 Å². The maximum absolute atomic E-state index is 13.3. The van der Waals surface area contributed by atoms with Crippen LogP contribution in [0.25, 0.3) is 17.0 Å². The molecule has 0 radical (unpaired) electrons. The topological polar surface area (TPSA) is 57.5 Å². The smallest absolute Gasteiger partial charge is 0.258 e. The standard InChI is InChI=1S/C25H25NO4/c1-15(2)14-26-21-8-6-5-7-16(21)9-19(25(26)28)11-18-10-17-12-22(29-3)23(30-4)13-20(17)24(18)27/h5-9,11-13,15H,10,14H2,1-4H3/b18-11+. The summed E-state index contributed by atoms with van der Waals surface area (Å²) in [6.07, 6.45) is 2.21. The Bertz CT molecular complexity index is 1230. The van der Waals surface area contributed by atoms with Crippen LogP contribution in [-0.2, 0) is 13.0 Å². The fraction of sp³-hybridized carbons (Fsp3) is 0.280. The number of fused-ring (bicyclic) bond motifs is 2. The number of aromatic nitrogens is 1. The van der Waals surface area contributed by atoms with Crippen LogP contribution < -0.4 is 15.0 Å². The Balaban J connectivity index is 1.83. The predicted octanol–water partition coefficient (Wildman–Crippen LogP) is 4.50. The summed E-state index contributed by atoms with van der Waals surface area (Å²) in [6, 6.07) is 13.3. The second-order valence-corrected chi connectivity index (χ2v) is 8.01. The highest BCUT2D eigenvalue weighted by atomic mass is 16.5. The number of ether oxygens (including phenoxy) is 2. The number of rotatable bonds is 5. The maximum atomic E-state index is 13.3. The molecule has 4 rings (SSSR count). The van der Waals surface area contributed by atoms with Crippen LogP contribution in [0.2, 0.25) is 0 Å². The van der Waals surface area contributed by atoms with E-state index >= 15 is 0 Å². The summed E-state index contributed by atoms with van der Waals surface area (Å²) in [4.78, 5) is 26.3. The van der Waals surface area contributed by atoms with E-state index in [2.05, 4.69) is 13.8 Å². The Morgan fingerprint density at radius 2 is 1.73 bits per heavy atom. The van der Waals surface area contributed by atoms with Crippen LogP contribution in [0.1, 0.15) is 35.3 Å². The zero-order valence-corrected chi connectivity index (χ0v) is 17.7. The molecule has 0 saturated heterocycles. The summed E-state index contributed by atoms with van der Waals surface area (Å²) in [7, 11) is 3.12. The van der Waals surface area contributed by atoms with E-state index in [-0.39, 0.29) is 11.3 Å². The van der Waals surface area contributed by atoms with Gasteiger partial charge in [0.2, 0.25) is 0 Å². The molecule has 2 aromatic carbocycles. The summed E-state index contributed by atoms with van der Waals surface area (Å²) in [6.45, 7) is 4.80. The van der Waals surface area contributed by atoms with Crippen LogP contribution >= 0.6 is 0 Å². The number of hydrogen-bond donors (Lipinski definition) is 0. The number of Topliss-reactive ketones (excluding diaryl/α,β-unsaturated/α-hetero) is 1. The Kier molecular flexibility index (Phi) is 5.20. The number of carbonyl (C=O) groups excluding carboxylic acids is 1. The van der Waals surface area contributed by atoms with Gasteiger partial charge in [-0.1, -0.05) is 32.0 Å². The SMILES string of the molecule is COc1cc2c(cc1OC)C(=O)/C(=C/c1cc3ccccc3n(CC(C)C)c1=O)C2. The van der Waals surface area contributed by atoms with E-state index in [1.165, 1.54) is 0 Å². The minimum absolute atomic E-state index is 0.0751. The lowest BCUT2D eigenvalue weighted by Gasteiger charge is -2.14. The minimum Gasteiger partial charge on any atom is -0.493 e. The van der Waals surface area contributed by atoms with Crippen molar-refractivity contribution in [3.8, 4) is 11.5 Å². The molecular weight excluding hydrogens is 378 g/mol. The van der Waals surface area contributed by atoms with Crippen LogP contribution in [0.3, 0.4) is 0 Å². The number of pyridine rings is 1. The Morgan fingerprint density at radius 3 is 2.43 bits per heavy atom. The van der Waals surface area contributed by atoms with E-state index in [4.69, 9.17) is 9.47 Å². The van der Waals surface area contributed by atoms with Gasteiger partial charge in [0.1, 0.15) is 0 Å². The van der Waals surface area contributed by atoms with Crippen molar-refractivity contribution in [3.63, 3.8) is 0 Å². The normalized spacial score (nSPS) is 14.6. The first kappa shape index (κ1) is 20.0. The lowest BCUT2D eigenvalue weighted by Crippen LogP contribution is -2.25. The highest BCUT2D eigenvalue weighted by Gasteiger charge is 2.27. The molecule has 0 aliphatic heterocycles. The van der Waals surface area contributed by atoms with E-state index in [9.17, 15) is 9.59 Å². The second-order valence-electron chi connectivity index (χ2n) is 8.01. The third-order valence-electron chi connectivity index (χ3n) is 5.43. The molecule has 3 aromatic rings. The van der Waals surface area contributed by atoms with E-state index in [1.807, 2.05) is 41.0 Å². The van der Waals surface area contributed by atoms with E-state index in [0.29, 0.717) is 47.1 Å². The largest absolute Gasteiger partial charge is 0.493 e. The van der Waals surface area contributed by atoms with Crippen LogP contribution in [-0.4, -0.2) is 24.6 Å². The molecule has 1 heterocycles. The van der Waals surface area contributed by atoms with Gasteiger partial charge in [0.25, 0.3) is 5.56 Å². The predicted molar refractivity (Wildman–Crippen MR) is 119 cm³/mol. The molecular formula is C25H25NO4.